The van der Waals surface area contributed by atoms with Crippen LogP contribution in [0.5, 0.6) is 5.75 Å². The minimum absolute atomic E-state index is 0.0187. The van der Waals surface area contributed by atoms with Crippen molar-refractivity contribution in [3.05, 3.63) is 96.7 Å². The van der Waals surface area contributed by atoms with E-state index in [1.165, 1.54) is 5.69 Å². The molecule has 1 fully saturated rings. The van der Waals surface area contributed by atoms with Crippen molar-refractivity contribution in [1.82, 2.24) is 8.96 Å². The summed E-state index contributed by atoms with van der Waals surface area (Å²) in [6.07, 6.45) is 1.80. The molecule has 0 atom stereocenters. The lowest BCUT2D eigenvalue weighted by Gasteiger charge is -2.28. The molecule has 0 spiro atoms. The lowest BCUT2D eigenvalue weighted by Crippen LogP contribution is -2.36. The largest absolute Gasteiger partial charge is 0.507 e. The van der Waals surface area contributed by atoms with Gasteiger partial charge in [0.15, 0.2) is 5.65 Å². The Bertz CT molecular complexity index is 1600. The summed E-state index contributed by atoms with van der Waals surface area (Å²) in [6.45, 7) is 3.30. The molecule has 0 radical (unpaired) electrons. The number of fused-ring (bicyclic) bond motifs is 1. The van der Waals surface area contributed by atoms with E-state index in [4.69, 9.17) is 9.72 Å². The van der Waals surface area contributed by atoms with Gasteiger partial charge in [-0.1, -0.05) is 36.4 Å². The van der Waals surface area contributed by atoms with E-state index in [2.05, 4.69) is 57.4 Å². The van der Waals surface area contributed by atoms with Crippen LogP contribution < -0.4 is 4.90 Å². The summed E-state index contributed by atoms with van der Waals surface area (Å²) in [5.41, 5.74) is 6.23. The van der Waals surface area contributed by atoms with Gasteiger partial charge in [0.05, 0.1) is 24.5 Å². The standard InChI is InChI=1S/C30H24N4O2S/c31-20-23-18-22(8-11-29(23)35)26-12-13-32-30-27(26)19-28(34(30)37-25-4-2-1-3-5-25)21-6-9-24(10-7-21)33-14-16-36-17-15-33/h1-13,18-19,35H,14-17H2. The van der Waals surface area contributed by atoms with E-state index in [9.17, 15) is 10.4 Å². The van der Waals surface area contributed by atoms with Crippen molar-refractivity contribution in [2.75, 3.05) is 31.2 Å². The molecular formula is C30H24N4O2S. The smallest absolute Gasteiger partial charge is 0.151 e. The minimum atomic E-state index is -0.0187. The summed E-state index contributed by atoms with van der Waals surface area (Å²) >= 11 is 1.63. The van der Waals surface area contributed by atoms with Gasteiger partial charge in [0.25, 0.3) is 0 Å². The molecule has 6 nitrogen and oxygen atoms in total. The number of phenols is 1. The number of benzene rings is 3. The van der Waals surface area contributed by atoms with E-state index in [0.717, 1.165) is 64.6 Å². The molecule has 3 heterocycles. The molecule has 5 aromatic rings. The number of aromatic nitrogens is 2. The maximum atomic E-state index is 10.0. The van der Waals surface area contributed by atoms with Gasteiger partial charge in [0.2, 0.25) is 0 Å². The van der Waals surface area contributed by atoms with Gasteiger partial charge in [-0.05, 0) is 77.2 Å². The van der Waals surface area contributed by atoms with E-state index in [-0.39, 0.29) is 11.3 Å². The van der Waals surface area contributed by atoms with Crippen molar-refractivity contribution in [1.29, 1.82) is 5.26 Å². The molecule has 0 bridgehead atoms. The molecule has 3 aromatic carbocycles. The molecule has 2 aromatic heterocycles. The number of nitriles is 1. The summed E-state index contributed by atoms with van der Waals surface area (Å²) in [7, 11) is 0. The first-order valence-electron chi connectivity index (χ1n) is 12.1. The summed E-state index contributed by atoms with van der Waals surface area (Å²) in [5.74, 6) is -0.0187. The Morgan fingerprint density at radius 2 is 1.65 bits per heavy atom. The number of ether oxygens (including phenoxy) is 1. The Labute approximate surface area is 219 Å². The molecule has 0 unspecified atom stereocenters. The number of nitrogens with zero attached hydrogens (tertiary/aromatic N) is 4. The van der Waals surface area contributed by atoms with Crippen molar-refractivity contribution in [2.24, 2.45) is 0 Å². The van der Waals surface area contributed by atoms with Crippen LogP contribution in [0.4, 0.5) is 5.69 Å². The van der Waals surface area contributed by atoms with Gasteiger partial charge in [-0.2, -0.15) is 5.26 Å². The molecule has 37 heavy (non-hydrogen) atoms. The fourth-order valence-electron chi connectivity index (χ4n) is 4.66. The van der Waals surface area contributed by atoms with Gasteiger partial charge in [0, 0.05) is 35.3 Å². The first-order chi connectivity index (χ1) is 18.2. The average molecular weight is 505 g/mol. The monoisotopic (exact) mass is 504 g/mol. The van der Waals surface area contributed by atoms with Crippen molar-refractivity contribution in [3.8, 4) is 34.2 Å². The van der Waals surface area contributed by atoms with E-state index in [1.54, 1.807) is 30.3 Å². The van der Waals surface area contributed by atoms with Gasteiger partial charge in [-0.25, -0.2) is 4.98 Å². The number of hydrogen-bond acceptors (Lipinski definition) is 6. The molecule has 1 aliphatic rings. The van der Waals surface area contributed by atoms with Crippen LogP contribution in [0.15, 0.2) is 96.0 Å². The predicted octanol–water partition coefficient (Wildman–Crippen LogP) is 6.34. The van der Waals surface area contributed by atoms with Crippen molar-refractivity contribution < 1.29 is 9.84 Å². The van der Waals surface area contributed by atoms with Gasteiger partial charge in [-0.3, -0.25) is 3.97 Å². The van der Waals surface area contributed by atoms with Gasteiger partial charge < -0.3 is 14.7 Å². The maximum absolute atomic E-state index is 10.0. The summed E-state index contributed by atoms with van der Waals surface area (Å²) in [6, 6.07) is 30.2. The molecule has 0 aliphatic carbocycles. The molecule has 1 aliphatic heterocycles. The second kappa shape index (κ2) is 10.0. The van der Waals surface area contributed by atoms with Crippen LogP contribution in [0, 0.1) is 11.3 Å². The topological polar surface area (TPSA) is 74.3 Å². The SMILES string of the molecule is N#Cc1cc(-c2ccnc3c2cc(-c2ccc(N4CCOCC4)cc2)n3Sc2ccccc2)ccc1O. The lowest BCUT2D eigenvalue weighted by molar-refractivity contribution is 0.122. The zero-order valence-electron chi connectivity index (χ0n) is 20.0. The number of anilines is 1. The van der Waals surface area contributed by atoms with Crippen LogP contribution >= 0.6 is 11.9 Å². The number of morpholine rings is 1. The highest BCUT2D eigenvalue weighted by atomic mass is 32.2. The first kappa shape index (κ1) is 23.2. The Hall–Kier alpha value is -4.25. The highest BCUT2D eigenvalue weighted by Crippen LogP contribution is 2.39. The van der Waals surface area contributed by atoms with Crippen LogP contribution in [0.1, 0.15) is 5.56 Å². The summed E-state index contributed by atoms with van der Waals surface area (Å²) < 4.78 is 7.67. The third-order valence-corrected chi connectivity index (χ3v) is 7.60. The highest BCUT2D eigenvalue weighted by Gasteiger charge is 2.18. The first-order valence-corrected chi connectivity index (χ1v) is 12.9. The van der Waals surface area contributed by atoms with Gasteiger partial charge >= 0.3 is 0 Å². The van der Waals surface area contributed by atoms with E-state index in [1.807, 2.05) is 30.3 Å². The molecule has 1 N–H and O–H groups in total. The quantitative estimate of drug-likeness (QED) is 0.301. The molecule has 6 rings (SSSR count). The fourth-order valence-corrected chi connectivity index (χ4v) is 5.64. The van der Waals surface area contributed by atoms with Gasteiger partial charge in [0.1, 0.15) is 11.8 Å². The minimum Gasteiger partial charge on any atom is -0.507 e. The zero-order chi connectivity index (χ0) is 25.2. The Morgan fingerprint density at radius 3 is 2.41 bits per heavy atom. The molecule has 0 saturated carbocycles. The van der Waals surface area contributed by atoms with E-state index < -0.39 is 0 Å². The third-order valence-electron chi connectivity index (χ3n) is 6.57. The van der Waals surface area contributed by atoms with E-state index in [0.29, 0.717) is 0 Å². The second-order valence-electron chi connectivity index (χ2n) is 8.81. The molecule has 0 amide bonds. The predicted molar refractivity (Wildman–Crippen MR) is 148 cm³/mol. The molecule has 1 saturated heterocycles. The summed E-state index contributed by atoms with van der Waals surface area (Å²) in [4.78, 5) is 8.22. The number of phenolic OH excluding ortho intramolecular Hbond substituents is 1. The van der Waals surface area contributed by atoms with Crippen LogP contribution in [-0.2, 0) is 4.74 Å². The van der Waals surface area contributed by atoms with Crippen molar-refractivity contribution in [3.63, 3.8) is 0 Å². The number of aromatic hydroxyl groups is 1. The van der Waals surface area contributed by atoms with Crippen LogP contribution in [-0.4, -0.2) is 40.4 Å². The van der Waals surface area contributed by atoms with Crippen molar-refractivity contribution in [2.45, 2.75) is 4.90 Å². The Morgan fingerprint density at radius 1 is 0.892 bits per heavy atom. The maximum Gasteiger partial charge on any atom is 0.151 e. The van der Waals surface area contributed by atoms with Crippen LogP contribution in [0.3, 0.4) is 0 Å². The lowest BCUT2D eigenvalue weighted by atomic mass is 10.0. The van der Waals surface area contributed by atoms with E-state index >= 15 is 0 Å². The molecular weight excluding hydrogens is 480 g/mol. The molecule has 7 heteroatoms. The zero-order valence-corrected chi connectivity index (χ0v) is 20.9. The summed E-state index contributed by atoms with van der Waals surface area (Å²) in [5, 5.41) is 20.4. The number of hydrogen-bond donors (Lipinski definition) is 1. The number of rotatable bonds is 5. The van der Waals surface area contributed by atoms with Crippen LogP contribution in [0.25, 0.3) is 33.4 Å². The Kier molecular flexibility index (Phi) is 6.27. The average Bonchev–Trinajstić information content (AvgIpc) is 3.33. The van der Waals surface area contributed by atoms with Crippen LogP contribution in [0.2, 0.25) is 0 Å². The third kappa shape index (κ3) is 4.53. The number of pyridine rings is 1. The fraction of sp³-hybridized carbons (Fsp3) is 0.133. The van der Waals surface area contributed by atoms with Crippen molar-refractivity contribution >= 4 is 28.7 Å². The second-order valence-corrected chi connectivity index (χ2v) is 9.83. The highest BCUT2D eigenvalue weighted by molar-refractivity contribution is 7.98. The normalized spacial score (nSPS) is 13.5. The Balaban J connectivity index is 1.49. The van der Waals surface area contributed by atoms with Gasteiger partial charge in [-0.15, -0.1) is 0 Å². The molecule has 182 valence electrons.